The number of benzene rings is 2. The van der Waals surface area contributed by atoms with Crippen LogP contribution in [0.15, 0.2) is 71.3 Å². The Morgan fingerprint density at radius 1 is 0.917 bits per heavy atom. The van der Waals surface area contributed by atoms with Crippen molar-refractivity contribution >= 4 is 39.0 Å². The van der Waals surface area contributed by atoms with E-state index in [4.69, 9.17) is 0 Å². The molecular formula is C19H16BrN3O. The fourth-order valence-corrected chi connectivity index (χ4v) is 2.40. The molecule has 0 aliphatic heterocycles. The lowest BCUT2D eigenvalue weighted by molar-refractivity contribution is 0.102. The van der Waals surface area contributed by atoms with E-state index in [1.54, 1.807) is 24.4 Å². The molecular weight excluding hydrogens is 366 g/mol. The predicted molar refractivity (Wildman–Crippen MR) is 101 cm³/mol. The molecule has 0 unspecified atom stereocenters. The van der Waals surface area contributed by atoms with Gasteiger partial charge in [-0.1, -0.05) is 33.6 Å². The summed E-state index contributed by atoms with van der Waals surface area (Å²) >= 11 is 3.35. The van der Waals surface area contributed by atoms with Gasteiger partial charge in [-0.05, 0) is 55.5 Å². The van der Waals surface area contributed by atoms with Crippen LogP contribution >= 0.6 is 15.9 Å². The van der Waals surface area contributed by atoms with Gasteiger partial charge in [0.25, 0.3) is 5.91 Å². The quantitative estimate of drug-likeness (QED) is 0.656. The van der Waals surface area contributed by atoms with E-state index in [9.17, 15) is 4.79 Å². The average molecular weight is 382 g/mol. The Kier molecular flexibility index (Phi) is 4.91. The molecule has 0 aliphatic carbocycles. The number of amides is 1. The fourth-order valence-electron chi connectivity index (χ4n) is 2.14. The lowest BCUT2D eigenvalue weighted by atomic mass is 10.2. The molecule has 5 heteroatoms. The van der Waals surface area contributed by atoms with Crippen molar-refractivity contribution < 1.29 is 4.79 Å². The molecule has 3 aromatic rings. The normalized spacial score (nSPS) is 10.2. The van der Waals surface area contributed by atoms with Crippen LogP contribution < -0.4 is 10.6 Å². The van der Waals surface area contributed by atoms with Crippen molar-refractivity contribution in [2.45, 2.75) is 6.92 Å². The summed E-state index contributed by atoms with van der Waals surface area (Å²) in [5.74, 6) is 0.326. The lowest BCUT2D eigenvalue weighted by Gasteiger charge is -2.08. The van der Waals surface area contributed by atoms with Crippen LogP contribution in [0.1, 0.15) is 15.9 Å². The monoisotopic (exact) mass is 381 g/mol. The molecule has 120 valence electrons. The molecule has 2 aromatic carbocycles. The number of aryl methyl sites for hydroxylation is 1. The lowest BCUT2D eigenvalue weighted by Crippen LogP contribution is -2.12. The molecule has 0 saturated carbocycles. The predicted octanol–water partition coefficient (Wildman–Crippen LogP) is 5.15. The average Bonchev–Trinajstić information content (AvgIpc) is 2.59. The molecule has 0 fully saturated rings. The molecule has 0 saturated heterocycles. The Balaban J connectivity index is 1.64. The molecule has 0 radical (unpaired) electrons. The van der Waals surface area contributed by atoms with Crippen molar-refractivity contribution in [3.8, 4) is 0 Å². The molecule has 1 heterocycles. The molecule has 0 atom stereocenters. The Hall–Kier alpha value is -2.66. The Labute approximate surface area is 149 Å². The summed E-state index contributed by atoms with van der Waals surface area (Å²) in [7, 11) is 0. The maximum absolute atomic E-state index is 12.2. The number of halogens is 1. The smallest absolute Gasteiger partial charge is 0.256 e. The van der Waals surface area contributed by atoms with Crippen molar-refractivity contribution in [1.29, 1.82) is 0 Å². The van der Waals surface area contributed by atoms with Crippen molar-refractivity contribution in [1.82, 2.24) is 4.98 Å². The number of hydrogen-bond acceptors (Lipinski definition) is 3. The highest BCUT2D eigenvalue weighted by Crippen LogP contribution is 2.18. The molecule has 1 aromatic heterocycles. The summed E-state index contributed by atoms with van der Waals surface area (Å²) in [4.78, 5) is 16.4. The van der Waals surface area contributed by atoms with Gasteiger partial charge in [-0.2, -0.15) is 0 Å². The minimum absolute atomic E-state index is 0.186. The summed E-state index contributed by atoms with van der Waals surface area (Å²) in [6.45, 7) is 2.05. The number of nitrogens with one attached hydrogen (secondary N) is 2. The minimum atomic E-state index is -0.186. The van der Waals surface area contributed by atoms with E-state index in [1.165, 1.54) is 5.56 Å². The van der Waals surface area contributed by atoms with Gasteiger partial charge in [-0.25, -0.2) is 4.98 Å². The Morgan fingerprint density at radius 3 is 2.21 bits per heavy atom. The largest absolute Gasteiger partial charge is 0.354 e. The first-order valence-electron chi connectivity index (χ1n) is 7.47. The van der Waals surface area contributed by atoms with E-state index in [0.29, 0.717) is 11.4 Å². The SMILES string of the molecule is Cc1ccc(Nc2ccc(NC(=O)c3ccc(Br)cc3)nc2)cc1. The first-order chi connectivity index (χ1) is 11.6. The van der Waals surface area contributed by atoms with E-state index >= 15 is 0 Å². The number of carbonyl (C=O) groups excluding carboxylic acids is 1. The third-order valence-corrected chi connectivity index (χ3v) is 3.98. The van der Waals surface area contributed by atoms with Crippen LogP contribution in [-0.4, -0.2) is 10.9 Å². The summed E-state index contributed by atoms with van der Waals surface area (Å²) < 4.78 is 0.934. The summed E-state index contributed by atoms with van der Waals surface area (Å²) in [6, 6.07) is 18.9. The second-order valence-electron chi connectivity index (χ2n) is 5.38. The van der Waals surface area contributed by atoms with E-state index in [-0.39, 0.29) is 5.91 Å². The third kappa shape index (κ3) is 4.20. The Morgan fingerprint density at radius 2 is 1.58 bits per heavy atom. The zero-order valence-corrected chi connectivity index (χ0v) is 14.7. The van der Waals surface area contributed by atoms with Gasteiger partial charge in [0.15, 0.2) is 0 Å². The Bertz CT molecular complexity index is 828. The van der Waals surface area contributed by atoms with Crippen molar-refractivity contribution in [3.05, 3.63) is 82.5 Å². The molecule has 1 amide bonds. The van der Waals surface area contributed by atoms with Crippen molar-refractivity contribution in [2.75, 3.05) is 10.6 Å². The standard InChI is InChI=1S/C19H16BrN3O/c1-13-2-8-16(9-3-13)22-17-10-11-18(21-12-17)23-19(24)14-4-6-15(20)7-5-14/h2-12,22H,1H3,(H,21,23,24). The number of anilines is 3. The van der Waals surface area contributed by atoms with E-state index < -0.39 is 0 Å². The van der Waals surface area contributed by atoms with Gasteiger partial charge in [0.05, 0.1) is 11.9 Å². The molecule has 3 rings (SSSR count). The van der Waals surface area contributed by atoms with Gasteiger partial charge in [-0.15, -0.1) is 0 Å². The van der Waals surface area contributed by atoms with Crippen LogP contribution in [0, 0.1) is 6.92 Å². The zero-order chi connectivity index (χ0) is 16.9. The highest BCUT2D eigenvalue weighted by atomic mass is 79.9. The minimum Gasteiger partial charge on any atom is -0.354 e. The second kappa shape index (κ2) is 7.27. The first kappa shape index (κ1) is 16.2. The number of pyridine rings is 1. The van der Waals surface area contributed by atoms with Crippen LogP contribution in [0.25, 0.3) is 0 Å². The highest BCUT2D eigenvalue weighted by Gasteiger charge is 2.06. The van der Waals surface area contributed by atoms with Crippen LogP contribution in [0.3, 0.4) is 0 Å². The van der Waals surface area contributed by atoms with E-state index in [1.807, 2.05) is 49.4 Å². The van der Waals surface area contributed by atoms with Gasteiger partial charge < -0.3 is 10.6 Å². The van der Waals surface area contributed by atoms with Gasteiger partial charge in [0.1, 0.15) is 5.82 Å². The summed E-state index contributed by atoms with van der Waals surface area (Å²) in [5.41, 5.74) is 3.65. The maximum atomic E-state index is 12.2. The fraction of sp³-hybridized carbons (Fsp3) is 0.0526. The first-order valence-corrected chi connectivity index (χ1v) is 8.26. The van der Waals surface area contributed by atoms with Crippen LogP contribution in [0.2, 0.25) is 0 Å². The number of aromatic nitrogens is 1. The summed E-state index contributed by atoms with van der Waals surface area (Å²) in [5, 5.41) is 6.05. The van der Waals surface area contributed by atoms with Crippen LogP contribution in [0.5, 0.6) is 0 Å². The van der Waals surface area contributed by atoms with Gasteiger partial charge in [-0.3, -0.25) is 4.79 Å². The van der Waals surface area contributed by atoms with Crippen LogP contribution in [0.4, 0.5) is 17.2 Å². The molecule has 0 bridgehead atoms. The number of rotatable bonds is 4. The summed E-state index contributed by atoms with van der Waals surface area (Å²) in [6.07, 6.45) is 1.69. The molecule has 24 heavy (non-hydrogen) atoms. The van der Waals surface area contributed by atoms with Gasteiger partial charge >= 0.3 is 0 Å². The molecule has 0 aliphatic rings. The number of hydrogen-bond donors (Lipinski definition) is 2. The highest BCUT2D eigenvalue weighted by molar-refractivity contribution is 9.10. The zero-order valence-electron chi connectivity index (χ0n) is 13.1. The van der Waals surface area contributed by atoms with Gasteiger partial charge in [0.2, 0.25) is 0 Å². The number of carbonyl (C=O) groups is 1. The molecule has 4 nitrogen and oxygen atoms in total. The topological polar surface area (TPSA) is 54.0 Å². The third-order valence-electron chi connectivity index (χ3n) is 3.45. The van der Waals surface area contributed by atoms with E-state index in [2.05, 4.69) is 31.5 Å². The van der Waals surface area contributed by atoms with E-state index in [0.717, 1.165) is 15.8 Å². The second-order valence-corrected chi connectivity index (χ2v) is 6.30. The van der Waals surface area contributed by atoms with Gasteiger partial charge in [0, 0.05) is 15.7 Å². The maximum Gasteiger partial charge on any atom is 0.256 e. The molecule has 0 spiro atoms. The van der Waals surface area contributed by atoms with Crippen LogP contribution in [-0.2, 0) is 0 Å². The number of nitrogens with zero attached hydrogens (tertiary/aromatic N) is 1. The molecule has 2 N–H and O–H groups in total. The van der Waals surface area contributed by atoms with Crippen molar-refractivity contribution in [3.63, 3.8) is 0 Å². The van der Waals surface area contributed by atoms with Crippen molar-refractivity contribution in [2.24, 2.45) is 0 Å².